The molecule has 1 fully saturated rings. The lowest BCUT2D eigenvalue weighted by Crippen LogP contribution is -2.42. The Kier molecular flexibility index (Phi) is 6.55. The number of allylic oxidation sites excluding steroid dienone is 1. The normalized spacial score (nSPS) is 17.8. The van der Waals surface area contributed by atoms with Crippen molar-refractivity contribution in [1.82, 2.24) is 14.9 Å². The van der Waals surface area contributed by atoms with Crippen molar-refractivity contribution in [3.63, 3.8) is 0 Å². The van der Waals surface area contributed by atoms with Gasteiger partial charge in [0.1, 0.15) is 5.15 Å². The fourth-order valence-corrected chi connectivity index (χ4v) is 3.13. The molecule has 1 atom stereocenters. The van der Waals surface area contributed by atoms with Gasteiger partial charge in [-0.15, -0.1) is 0 Å². The van der Waals surface area contributed by atoms with Gasteiger partial charge in [-0.1, -0.05) is 11.6 Å². The maximum Gasteiger partial charge on any atom is 0.129 e. The zero-order valence-corrected chi connectivity index (χ0v) is 15.7. The number of hydrogen-bond acceptors (Lipinski definition) is 6. The molecule has 0 spiro atoms. The van der Waals surface area contributed by atoms with Crippen LogP contribution in [-0.2, 0) is 4.74 Å². The zero-order valence-electron chi connectivity index (χ0n) is 14.9. The van der Waals surface area contributed by atoms with Gasteiger partial charge in [-0.25, -0.2) is 4.98 Å². The highest BCUT2D eigenvalue weighted by atomic mass is 35.5. The molecule has 1 unspecified atom stereocenters. The van der Waals surface area contributed by atoms with Gasteiger partial charge in [0.15, 0.2) is 0 Å². The average Bonchev–Trinajstić information content (AvgIpc) is 2.68. The Hall–Kier alpha value is -2.02. The first-order chi connectivity index (χ1) is 12.7. The third-order valence-electron chi connectivity index (χ3n) is 4.59. The summed E-state index contributed by atoms with van der Waals surface area (Å²) in [6, 6.07) is 6.00. The van der Waals surface area contributed by atoms with E-state index in [2.05, 4.69) is 26.8 Å². The Morgan fingerprint density at radius 1 is 1.38 bits per heavy atom. The topological polar surface area (TPSA) is 76.6 Å². The minimum Gasteiger partial charge on any atom is -0.404 e. The Bertz CT molecular complexity index is 802. The number of nitrogens with zero attached hydrogens (tertiary/aromatic N) is 4. The predicted molar refractivity (Wildman–Crippen MR) is 107 cm³/mol. The van der Waals surface area contributed by atoms with E-state index in [1.54, 1.807) is 24.7 Å². The van der Waals surface area contributed by atoms with Crippen LogP contribution in [-0.4, -0.2) is 60.0 Å². The molecule has 2 aromatic rings. The van der Waals surface area contributed by atoms with Gasteiger partial charge in [0, 0.05) is 55.4 Å². The van der Waals surface area contributed by atoms with Crippen LogP contribution in [0.4, 0.5) is 0 Å². The van der Waals surface area contributed by atoms with Crippen LogP contribution in [0.5, 0.6) is 0 Å². The van der Waals surface area contributed by atoms with Crippen molar-refractivity contribution in [3.05, 3.63) is 41.3 Å². The van der Waals surface area contributed by atoms with Crippen LogP contribution in [0.25, 0.3) is 16.6 Å². The van der Waals surface area contributed by atoms with Gasteiger partial charge < -0.3 is 10.5 Å². The molecule has 7 heteroatoms. The Labute approximate surface area is 158 Å². The van der Waals surface area contributed by atoms with Crippen LogP contribution >= 0.6 is 11.6 Å². The largest absolute Gasteiger partial charge is 0.404 e. The summed E-state index contributed by atoms with van der Waals surface area (Å²) in [7, 11) is 0. The summed E-state index contributed by atoms with van der Waals surface area (Å²) in [5.74, 6) is 0. The predicted octanol–water partition coefficient (Wildman–Crippen LogP) is 2.76. The molecule has 26 heavy (non-hydrogen) atoms. The van der Waals surface area contributed by atoms with E-state index >= 15 is 0 Å². The van der Waals surface area contributed by atoms with Crippen molar-refractivity contribution in [2.75, 3.05) is 32.8 Å². The van der Waals surface area contributed by atoms with E-state index in [0.29, 0.717) is 11.2 Å². The van der Waals surface area contributed by atoms with E-state index in [-0.39, 0.29) is 0 Å². The monoisotopic (exact) mass is 373 g/mol. The lowest BCUT2D eigenvalue weighted by atomic mass is 10.1. The molecule has 1 aliphatic rings. The van der Waals surface area contributed by atoms with Crippen molar-refractivity contribution in [2.45, 2.75) is 19.4 Å². The lowest BCUT2D eigenvalue weighted by Gasteiger charge is -2.31. The van der Waals surface area contributed by atoms with E-state index in [0.717, 1.165) is 61.4 Å². The van der Waals surface area contributed by atoms with E-state index in [1.165, 1.54) is 0 Å². The fourth-order valence-electron chi connectivity index (χ4n) is 2.98. The smallest absolute Gasteiger partial charge is 0.129 e. The molecular weight excluding hydrogens is 350 g/mol. The Morgan fingerprint density at radius 3 is 2.96 bits per heavy atom. The molecule has 1 aliphatic heterocycles. The lowest BCUT2D eigenvalue weighted by molar-refractivity contribution is 0.0191. The maximum atomic E-state index is 5.96. The summed E-state index contributed by atoms with van der Waals surface area (Å²) in [5.41, 5.74) is 9.02. The number of fused-ring (bicyclic) bond motifs is 1. The first kappa shape index (κ1) is 18.8. The highest BCUT2D eigenvalue weighted by Gasteiger charge is 2.16. The van der Waals surface area contributed by atoms with Gasteiger partial charge in [0.2, 0.25) is 0 Å². The van der Waals surface area contributed by atoms with Crippen molar-refractivity contribution in [3.8, 4) is 0 Å². The van der Waals surface area contributed by atoms with E-state index in [4.69, 9.17) is 22.1 Å². The molecule has 0 amide bonds. The second-order valence-electron chi connectivity index (χ2n) is 6.34. The number of hydrogen-bond donors (Lipinski definition) is 1. The highest BCUT2D eigenvalue weighted by Crippen LogP contribution is 2.18. The van der Waals surface area contributed by atoms with Crippen molar-refractivity contribution >= 4 is 34.4 Å². The summed E-state index contributed by atoms with van der Waals surface area (Å²) < 4.78 is 5.40. The second kappa shape index (κ2) is 9.07. The maximum absolute atomic E-state index is 5.96. The third kappa shape index (κ3) is 4.78. The van der Waals surface area contributed by atoms with Gasteiger partial charge >= 0.3 is 0 Å². The first-order valence-electron chi connectivity index (χ1n) is 8.83. The molecule has 0 radical (unpaired) electrons. The molecule has 0 bridgehead atoms. The number of rotatable bonds is 6. The summed E-state index contributed by atoms with van der Waals surface area (Å²) in [4.78, 5) is 15.7. The quantitative estimate of drug-likeness (QED) is 0.622. The summed E-state index contributed by atoms with van der Waals surface area (Å²) >= 11 is 5.96. The molecule has 138 valence electrons. The molecule has 2 aromatic heterocycles. The molecule has 2 N–H and O–H groups in total. The number of aliphatic imine (C=N–C) groups is 1. The average molecular weight is 374 g/mol. The molecule has 3 heterocycles. The van der Waals surface area contributed by atoms with Gasteiger partial charge in [-0.2, -0.15) is 0 Å². The van der Waals surface area contributed by atoms with Crippen LogP contribution in [0, 0.1) is 0 Å². The van der Waals surface area contributed by atoms with E-state index < -0.39 is 0 Å². The van der Waals surface area contributed by atoms with Crippen LogP contribution in [0.3, 0.4) is 0 Å². The number of halogens is 1. The van der Waals surface area contributed by atoms with Gasteiger partial charge in [-0.05, 0) is 31.5 Å². The van der Waals surface area contributed by atoms with Gasteiger partial charge in [0.05, 0.1) is 24.2 Å². The van der Waals surface area contributed by atoms with Gasteiger partial charge in [0.25, 0.3) is 0 Å². The third-order valence-corrected chi connectivity index (χ3v) is 4.80. The number of aromatic nitrogens is 2. The summed E-state index contributed by atoms with van der Waals surface area (Å²) in [5, 5.41) is 0.445. The SMILES string of the molecule is CC(CCN=CC(=CN)c1cnc2ccc(Cl)nc2c1)N1CCOCC1. The van der Waals surface area contributed by atoms with Crippen molar-refractivity contribution in [1.29, 1.82) is 0 Å². The number of nitrogens with two attached hydrogens (primary N) is 1. The Balaban J connectivity index is 1.61. The number of pyridine rings is 2. The molecule has 0 aromatic carbocycles. The Morgan fingerprint density at radius 2 is 2.19 bits per heavy atom. The van der Waals surface area contributed by atoms with Gasteiger partial charge in [-0.3, -0.25) is 14.9 Å². The minimum absolute atomic E-state index is 0.445. The van der Waals surface area contributed by atoms with E-state index in [1.807, 2.05) is 12.1 Å². The molecule has 0 saturated carbocycles. The molecular formula is C19H24ClN5O. The standard InChI is InChI=1S/C19H24ClN5O/c1-14(25-6-8-26-9-7-25)4-5-22-12-16(11-21)15-10-18-17(23-13-15)2-3-19(20)24-18/h2-3,10-14H,4-9,21H2,1H3. The highest BCUT2D eigenvalue weighted by molar-refractivity contribution is 6.29. The van der Waals surface area contributed by atoms with E-state index in [9.17, 15) is 0 Å². The van der Waals surface area contributed by atoms with Crippen molar-refractivity contribution < 1.29 is 4.74 Å². The van der Waals surface area contributed by atoms with Crippen molar-refractivity contribution in [2.24, 2.45) is 10.7 Å². The minimum atomic E-state index is 0.445. The second-order valence-corrected chi connectivity index (χ2v) is 6.73. The zero-order chi connectivity index (χ0) is 18.4. The number of ether oxygens (including phenoxy) is 1. The molecule has 3 rings (SSSR count). The molecule has 1 saturated heterocycles. The summed E-state index contributed by atoms with van der Waals surface area (Å²) in [6.07, 6.45) is 6.13. The van der Waals surface area contributed by atoms with Crippen LogP contribution in [0.15, 0.2) is 35.6 Å². The first-order valence-corrected chi connectivity index (χ1v) is 9.21. The molecule has 6 nitrogen and oxygen atoms in total. The van der Waals surface area contributed by atoms with Crippen LogP contribution in [0.2, 0.25) is 5.15 Å². The fraction of sp³-hybridized carbons (Fsp3) is 0.421. The molecule has 0 aliphatic carbocycles. The van der Waals surface area contributed by atoms with Crippen LogP contribution in [0.1, 0.15) is 18.9 Å². The summed E-state index contributed by atoms with van der Waals surface area (Å²) in [6.45, 7) is 6.62. The van der Waals surface area contributed by atoms with Crippen LogP contribution < -0.4 is 5.73 Å². The number of morpholine rings is 1.